The molecular formula is C18H27ClN4O3. The molecule has 2 atom stereocenters. The minimum absolute atomic E-state index is 0.0222. The number of fused-ring (bicyclic) bond motifs is 1. The number of nitrogens with one attached hydrogen (secondary N) is 1. The largest absolute Gasteiger partial charge is 0.492 e. The van der Waals surface area contributed by atoms with Crippen LogP contribution in [0.4, 0.5) is 5.69 Å². The zero-order chi connectivity index (χ0) is 18.7. The second kappa shape index (κ2) is 8.43. The highest BCUT2D eigenvalue weighted by molar-refractivity contribution is 6.33. The van der Waals surface area contributed by atoms with Crippen LogP contribution in [-0.2, 0) is 6.42 Å². The Balaban J connectivity index is 1.65. The van der Waals surface area contributed by atoms with Crippen LogP contribution in [0.3, 0.4) is 0 Å². The normalized spacial score (nSPS) is 23.2. The highest BCUT2D eigenvalue weighted by atomic mass is 35.5. The molecule has 0 aromatic heterocycles. The van der Waals surface area contributed by atoms with Crippen LogP contribution in [0, 0.1) is 5.92 Å². The van der Waals surface area contributed by atoms with E-state index in [0.717, 1.165) is 37.9 Å². The van der Waals surface area contributed by atoms with Gasteiger partial charge in [-0.15, -0.1) is 0 Å². The number of nitrogens with zero attached hydrogens (tertiary/aromatic N) is 1. The molecule has 1 fully saturated rings. The lowest BCUT2D eigenvalue weighted by molar-refractivity contribution is 0.0234. The van der Waals surface area contributed by atoms with Gasteiger partial charge >= 0.3 is 0 Å². The zero-order valence-corrected chi connectivity index (χ0v) is 15.6. The molecule has 1 aromatic rings. The Morgan fingerprint density at radius 2 is 2.31 bits per heavy atom. The fourth-order valence-corrected chi connectivity index (χ4v) is 3.92. The van der Waals surface area contributed by atoms with Crippen LogP contribution in [0.5, 0.6) is 5.75 Å². The molecule has 0 bridgehead atoms. The van der Waals surface area contributed by atoms with Gasteiger partial charge in [-0.25, -0.2) is 0 Å². The van der Waals surface area contributed by atoms with Gasteiger partial charge in [-0.1, -0.05) is 11.6 Å². The summed E-state index contributed by atoms with van der Waals surface area (Å²) in [5.74, 6) is 0.310. The molecule has 1 saturated heterocycles. The standard InChI is InChI=1S/C18H27ClN4O3/c19-14-8-13(17-12(16(14)21)2-1-7-26-17)18(25)22-9-11-3-5-23(6-4-20)10-15(11)24/h8,11,15,24H,1-7,9-10,20-21H2,(H,22,25)/t11-,15+/m1/s1. The molecule has 0 aliphatic carbocycles. The second-order valence-corrected chi connectivity index (χ2v) is 7.40. The van der Waals surface area contributed by atoms with Crippen molar-refractivity contribution in [1.29, 1.82) is 0 Å². The van der Waals surface area contributed by atoms with E-state index in [1.807, 2.05) is 0 Å². The predicted molar refractivity (Wildman–Crippen MR) is 102 cm³/mol. The Morgan fingerprint density at radius 1 is 1.50 bits per heavy atom. The molecule has 0 spiro atoms. The van der Waals surface area contributed by atoms with E-state index in [0.29, 0.717) is 48.3 Å². The quantitative estimate of drug-likeness (QED) is 0.555. The molecule has 26 heavy (non-hydrogen) atoms. The van der Waals surface area contributed by atoms with Crippen molar-refractivity contribution >= 4 is 23.2 Å². The number of nitrogen functional groups attached to an aromatic ring is 1. The van der Waals surface area contributed by atoms with Crippen molar-refractivity contribution in [3.05, 3.63) is 22.2 Å². The van der Waals surface area contributed by atoms with Crippen LogP contribution in [0.25, 0.3) is 0 Å². The number of nitrogens with two attached hydrogens (primary N) is 2. The van der Waals surface area contributed by atoms with Gasteiger partial charge in [-0.2, -0.15) is 0 Å². The number of β-amino-alcohol motifs (C(OH)–C–C–N with tert-alkyl or cyclic N) is 1. The van der Waals surface area contributed by atoms with E-state index in [4.69, 9.17) is 27.8 Å². The highest BCUT2D eigenvalue weighted by Gasteiger charge is 2.29. The molecule has 1 aromatic carbocycles. The van der Waals surface area contributed by atoms with Crippen molar-refractivity contribution in [2.75, 3.05) is 45.1 Å². The molecule has 6 N–H and O–H groups in total. The second-order valence-electron chi connectivity index (χ2n) is 6.99. The van der Waals surface area contributed by atoms with Crippen molar-refractivity contribution in [2.24, 2.45) is 11.7 Å². The molecule has 144 valence electrons. The van der Waals surface area contributed by atoms with E-state index in [2.05, 4.69) is 10.2 Å². The number of aliphatic hydroxyl groups excluding tert-OH is 1. The maximum Gasteiger partial charge on any atom is 0.255 e. The van der Waals surface area contributed by atoms with Crippen molar-refractivity contribution < 1.29 is 14.6 Å². The smallest absolute Gasteiger partial charge is 0.255 e. The summed E-state index contributed by atoms with van der Waals surface area (Å²) < 4.78 is 5.70. The van der Waals surface area contributed by atoms with E-state index in [9.17, 15) is 9.90 Å². The van der Waals surface area contributed by atoms with E-state index >= 15 is 0 Å². The molecule has 0 radical (unpaired) electrons. The number of anilines is 1. The van der Waals surface area contributed by atoms with Gasteiger partial charge in [-0.3, -0.25) is 9.69 Å². The number of benzene rings is 1. The van der Waals surface area contributed by atoms with Gasteiger partial charge in [0, 0.05) is 37.7 Å². The number of likely N-dealkylation sites (tertiary alicyclic amines) is 1. The molecule has 0 unspecified atom stereocenters. The van der Waals surface area contributed by atoms with Gasteiger partial charge in [-0.05, 0) is 31.9 Å². The van der Waals surface area contributed by atoms with Crippen molar-refractivity contribution in [1.82, 2.24) is 10.2 Å². The molecule has 2 aliphatic heterocycles. The van der Waals surface area contributed by atoms with Crippen molar-refractivity contribution in [2.45, 2.75) is 25.4 Å². The molecule has 2 aliphatic rings. The van der Waals surface area contributed by atoms with Gasteiger partial charge < -0.3 is 26.6 Å². The molecule has 0 saturated carbocycles. The minimum atomic E-state index is -0.476. The third kappa shape index (κ3) is 4.06. The summed E-state index contributed by atoms with van der Waals surface area (Å²) in [4.78, 5) is 14.8. The Hall–Kier alpha value is -1.54. The first-order valence-electron chi connectivity index (χ1n) is 9.13. The topological polar surface area (TPSA) is 114 Å². The summed E-state index contributed by atoms with van der Waals surface area (Å²) in [5.41, 5.74) is 13.3. The lowest BCUT2D eigenvalue weighted by atomic mass is 9.93. The third-order valence-electron chi connectivity index (χ3n) is 5.21. The number of ether oxygens (including phenoxy) is 1. The summed E-state index contributed by atoms with van der Waals surface area (Å²) in [5, 5.41) is 13.6. The fourth-order valence-electron chi connectivity index (χ4n) is 3.69. The molecule has 7 nitrogen and oxygen atoms in total. The number of hydrogen-bond acceptors (Lipinski definition) is 6. The first-order chi connectivity index (χ1) is 12.5. The van der Waals surface area contributed by atoms with Crippen molar-refractivity contribution in [3.63, 3.8) is 0 Å². The number of aliphatic hydroxyl groups is 1. The number of hydrogen-bond donors (Lipinski definition) is 4. The Kier molecular flexibility index (Phi) is 6.24. The zero-order valence-electron chi connectivity index (χ0n) is 14.8. The molecular weight excluding hydrogens is 356 g/mol. The summed E-state index contributed by atoms with van der Waals surface area (Å²) in [6.45, 7) is 3.80. The van der Waals surface area contributed by atoms with Crippen LogP contribution >= 0.6 is 11.6 Å². The molecule has 8 heteroatoms. The number of rotatable bonds is 5. The summed E-state index contributed by atoms with van der Waals surface area (Å²) in [6.07, 6.45) is 1.95. The first kappa shape index (κ1) is 19.2. The maximum absolute atomic E-state index is 12.7. The first-order valence-corrected chi connectivity index (χ1v) is 9.51. The molecule has 3 rings (SSSR count). The van der Waals surface area contributed by atoms with Crippen molar-refractivity contribution in [3.8, 4) is 5.75 Å². The fraction of sp³-hybridized carbons (Fsp3) is 0.611. The Labute approximate surface area is 158 Å². The Bertz CT molecular complexity index is 670. The number of halogens is 1. The van der Waals surface area contributed by atoms with Crippen LogP contribution < -0.4 is 21.5 Å². The van der Waals surface area contributed by atoms with E-state index in [1.165, 1.54) is 0 Å². The number of amides is 1. The number of piperidine rings is 1. The van der Waals surface area contributed by atoms with Gasteiger partial charge in [0.2, 0.25) is 0 Å². The molecule has 2 heterocycles. The minimum Gasteiger partial charge on any atom is -0.492 e. The van der Waals surface area contributed by atoms with Crippen LogP contribution in [0.2, 0.25) is 5.02 Å². The number of carbonyl (C=O) groups excluding carboxylic acids is 1. The lowest BCUT2D eigenvalue weighted by Gasteiger charge is -2.35. The average Bonchev–Trinajstić information content (AvgIpc) is 2.64. The summed E-state index contributed by atoms with van der Waals surface area (Å²) in [7, 11) is 0. The monoisotopic (exact) mass is 382 g/mol. The summed E-state index contributed by atoms with van der Waals surface area (Å²) in [6, 6.07) is 1.57. The SMILES string of the molecule is NCCN1CC[C@H](CNC(=O)c2cc(Cl)c(N)c3c2OCCC3)[C@@H](O)C1. The molecule has 1 amide bonds. The van der Waals surface area contributed by atoms with Gasteiger partial charge in [0.1, 0.15) is 5.75 Å². The lowest BCUT2D eigenvalue weighted by Crippen LogP contribution is -2.48. The number of carbonyl (C=O) groups is 1. The van der Waals surface area contributed by atoms with E-state index < -0.39 is 6.10 Å². The van der Waals surface area contributed by atoms with Crippen LogP contribution in [0.1, 0.15) is 28.8 Å². The van der Waals surface area contributed by atoms with E-state index in [1.54, 1.807) is 6.07 Å². The van der Waals surface area contributed by atoms with Gasteiger partial charge in [0.25, 0.3) is 5.91 Å². The summed E-state index contributed by atoms with van der Waals surface area (Å²) >= 11 is 6.20. The van der Waals surface area contributed by atoms with Gasteiger partial charge in [0.15, 0.2) is 0 Å². The van der Waals surface area contributed by atoms with Crippen LogP contribution in [0.15, 0.2) is 6.07 Å². The third-order valence-corrected chi connectivity index (χ3v) is 5.52. The predicted octanol–water partition coefficient (Wildman–Crippen LogP) is 0.619. The van der Waals surface area contributed by atoms with Gasteiger partial charge in [0.05, 0.1) is 29.0 Å². The van der Waals surface area contributed by atoms with Crippen LogP contribution in [-0.4, -0.2) is 61.3 Å². The Morgan fingerprint density at radius 3 is 3.04 bits per heavy atom. The average molecular weight is 383 g/mol. The van der Waals surface area contributed by atoms with E-state index in [-0.39, 0.29) is 11.8 Å². The highest BCUT2D eigenvalue weighted by Crippen LogP contribution is 2.38. The maximum atomic E-state index is 12.7.